The van der Waals surface area contributed by atoms with E-state index in [9.17, 15) is 4.79 Å². The number of nitrogens with zero attached hydrogens (tertiary/aromatic N) is 1. The Bertz CT molecular complexity index is 1480. The van der Waals surface area contributed by atoms with E-state index in [4.69, 9.17) is 4.99 Å². The summed E-state index contributed by atoms with van der Waals surface area (Å²) >= 11 is 0. The van der Waals surface area contributed by atoms with Crippen molar-refractivity contribution >= 4 is 60.4 Å². The highest BCUT2D eigenvalue weighted by atomic mass is 35.5. The molecule has 1 amide bonds. The van der Waals surface area contributed by atoms with Crippen molar-refractivity contribution in [1.29, 1.82) is 0 Å². The lowest BCUT2D eigenvalue weighted by molar-refractivity contribution is -0.117. The Morgan fingerprint density at radius 2 is 1.28 bits per heavy atom. The van der Waals surface area contributed by atoms with Crippen LogP contribution in [0, 0.1) is 0 Å². The van der Waals surface area contributed by atoms with Gasteiger partial charge in [-0.1, -0.05) is 133 Å². The van der Waals surface area contributed by atoms with Gasteiger partial charge in [-0.15, -0.1) is 24.8 Å². The molecule has 1 atom stereocenters. The lowest BCUT2D eigenvalue weighted by Crippen LogP contribution is -2.53. The molecule has 0 bridgehead atoms. The summed E-state index contributed by atoms with van der Waals surface area (Å²) in [6, 6.07) is 24.2. The Hall–Kier alpha value is -2.33. The molecule has 2 fully saturated rings. The minimum atomic E-state index is -1.05. The molecule has 8 heteroatoms. The van der Waals surface area contributed by atoms with Crippen LogP contribution in [-0.2, 0) is 17.4 Å². The molecule has 0 spiro atoms. The molecule has 294 valence electrons. The Labute approximate surface area is 335 Å². The first-order valence-corrected chi connectivity index (χ1v) is 23.4. The first-order valence-electron chi connectivity index (χ1n) is 20.8. The van der Waals surface area contributed by atoms with E-state index in [1.54, 1.807) is 0 Å². The first kappa shape index (κ1) is 45.1. The van der Waals surface area contributed by atoms with Crippen molar-refractivity contribution in [3.63, 3.8) is 0 Å². The number of nitrogens with one attached hydrogen (secondary N) is 3. The van der Waals surface area contributed by atoms with Crippen molar-refractivity contribution in [1.82, 2.24) is 10.6 Å². The van der Waals surface area contributed by atoms with Crippen LogP contribution in [0.1, 0.15) is 135 Å². The molecule has 2 aliphatic rings. The maximum Gasteiger partial charge on any atom is 0.247 e. The van der Waals surface area contributed by atoms with Gasteiger partial charge in [0.25, 0.3) is 0 Å². The molecule has 0 saturated heterocycles. The fraction of sp³-hybridized carbons (Fsp3) is 0.600. The number of anilines is 1. The van der Waals surface area contributed by atoms with Crippen LogP contribution in [0.15, 0.2) is 71.7 Å². The van der Waals surface area contributed by atoms with Crippen molar-refractivity contribution in [3.05, 3.63) is 77.9 Å². The van der Waals surface area contributed by atoms with Crippen LogP contribution < -0.4 is 16.0 Å². The Morgan fingerprint density at radius 1 is 0.717 bits per heavy atom. The maximum absolute atomic E-state index is 14.3. The number of guanidine groups is 1. The number of fused-ring (bicyclic) bond motifs is 1. The second-order valence-corrected chi connectivity index (χ2v) is 20.1. The van der Waals surface area contributed by atoms with Crippen LogP contribution in [0.4, 0.5) is 5.69 Å². The summed E-state index contributed by atoms with van der Waals surface area (Å²) < 4.78 is 0. The zero-order valence-corrected chi connectivity index (χ0v) is 35.6. The molecular weight excluding hydrogens is 714 g/mol. The number of rotatable bonds is 18. The maximum atomic E-state index is 14.3. The number of halogens is 2. The largest absolute Gasteiger partial charge is 0.354 e. The van der Waals surface area contributed by atoms with E-state index in [1.165, 1.54) is 118 Å². The number of hydrogen-bond donors (Lipinski definition) is 3. The van der Waals surface area contributed by atoms with Crippen molar-refractivity contribution in [2.45, 2.75) is 154 Å². The van der Waals surface area contributed by atoms with Gasteiger partial charge in [0.2, 0.25) is 5.91 Å². The second-order valence-electron chi connectivity index (χ2n) is 15.7. The Balaban J connectivity index is 0.00000378. The molecule has 0 heterocycles. The standard InChI is InChI=1S/C45H67N4OP.2ClH/c1-4-7-30-51(31-8-5-2,32-9-6-3)35-36-25-28-42(29-26-36)46-44(50)43(34-37-24-27-38-18-16-17-19-39(38)33-37)49-45(47-40-20-12-10-13-21-40)48-41-22-14-11-15-23-41;;/h16-19,24-29,33,40-41,43H,4-15,20-23,30-32,34-35H2,1-3H3,(H2-,46,47,48,49,50);2*1H/p+1. The van der Waals surface area contributed by atoms with Crippen LogP contribution in [-0.4, -0.2) is 48.5 Å². The van der Waals surface area contributed by atoms with Gasteiger partial charge in [0.1, 0.15) is 6.04 Å². The van der Waals surface area contributed by atoms with Gasteiger partial charge in [0, 0.05) is 25.4 Å². The molecular formula is C45H70Cl2N4OP+. The van der Waals surface area contributed by atoms with Crippen molar-refractivity contribution < 1.29 is 4.79 Å². The smallest absolute Gasteiger partial charge is 0.247 e. The van der Waals surface area contributed by atoms with E-state index >= 15 is 0 Å². The molecule has 2 aliphatic carbocycles. The van der Waals surface area contributed by atoms with Crippen LogP contribution >= 0.6 is 32.1 Å². The zero-order valence-electron chi connectivity index (χ0n) is 33.1. The molecule has 0 aliphatic heterocycles. The summed E-state index contributed by atoms with van der Waals surface area (Å²) in [7, 11) is -1.05. The molecule has 3 aromatic carbocycles. The summed E-state index contributed by atoms with van der Waals surface area (Å²) in [5.74, 6) is 0.810. The summed E-state index contributed by atoms with van der Waals surface area (Å²) in [6.45, 7) is 7.01. The van der Waals surface area contributed by atoms with Gasteiger partial charge in [-0.3, -0.25) is 4.79 Å². The molecule has 5 rings (SSSR count). The topological polar surface area (TPSA) is 65.5 Å². The predicted molar refractivity (Wildman–Crippen MR) is 238 cm³/mol. The second kappa shape index (κ2) is 24.2. The van der Waals surface area contributed by atoms with E-state index in [0.717, 1.165) is 42.9 Å². The average molecular weight is 785 g/mol. The van der Waals surface area contributed by atoms with Crippen LogP contribution in [0.2, 0.25) is 0 Å². The number of benzene rings is 3. The van der Waals surface area contributed by atoms with Gasteiger partial charge in [0.15, 0.2) is 5.96 Å². The zero-order chi connectivity index (χ0) is 35.7. The summed E-state index contributed by atoms with van der Waals surface area (Å²) in [5.41, 5.74) is 3.46. The fourth-order valence-electron chi connectivity index (χ4n) is 8.29. The molecule has 0 aromatic heterocycles. The number of aliphatic imine (C=N–C) groups is 1. The Morgan fingerprint density at radius 3 is 1.89 bits per heavy atom. The summed E-state index contributed by atoms with van der Waals surface area (Å²) in [5, 5.41) is 13.3. The third-order valence-electron chi connectivity index (χ3n) is 11.4. The summed E-state index contributed by atoms with van der Waals surface area (Å²) in [4.78, 5) is 19.6. The van der Waals surface area contributed by atoms with Gasteiger partial charge >= 0.3 is 0 Å². The van der Waals surface area contributed by atoms with Crippen molar-refractivity contribution in [2.75, 3.05) is 23.8 Å². The normalized spacial score (nSPS) is 16.3. The molecule has 0 radical (unpaired) electrons. The van der Waals surface area contributed by atoms with Gasteiger partial charge in [-0.25, -0.2) is 4.99 Å². The van der Waals surface area contributed by atoms with Gasteiger partial charge in [0.05, 0.1) is 30.7 Å². The molecule has 5 nitrogen and oxygen atoms in total. The van der Waals surface area contributed by atoms with Crippen LogP contribution in [0.25, 0.3) is 10.8 Å². The third-order valence-corrected chi connectivity index (χ3v) is 16.2. The van der Waals surface area contributed by atoms with E-state index in [-0.39, 0.29) is 30.7 Å². The molecule has 1 unspecified atom stereocenters. The van der Waals surface area contributed by atoms with E-state index in [1.807, 2.05) is 0 Å². The van der Waals surface area contributed by atoms with Crippen molar-refractivity contribution in [3.8, 4) is 0 Å². The highest BCUT2D eigenvalue weighted by Crippen LogP contribution is 2.63. The minimum absolute atomic E-state index is 0. The number of carbonyl (C=O) groups is 1. The monoisotopic (exact) mass is 783 g/mol. The lowest BCUT2D eigenvalue weighted by Gasteiger charge is -2.29. The number of carbonyl (C=O) groups excluding carboxylic acids is 1. The van der Waals surface area contributed by atoms with E-state index < -0.39 is 13.3 Å². The highest BCUT2D eigenvalue weighted by molar-refractivity contribution is 7.75. The van der Waals surface area contributed by atoms with E-state index in [2.05, 4.69) is 103 Å². The fourth-order valence-corrected chi connectivity index (χ4v) is 13.4. The van der Waals surface area contributed by atoms with Gasteiger partial charge in [-0.05, 0) is 79.0 Å². The van der Waals surface area contributed by atoms with Gasteiger partial charge < -0.3 is 16.0 Å². The van der Waals surface area contributed by atoms with Crippen LogP contribution in [0.3, 0.4) is 0 Å². The quantitative estimate of drug-likeness (QED) is 0.0684. The van der Waals surface area contributed by atoms with E-state index in [0.29, 0.717) is 18.5 Å². The van der Waals surface area contributed by atoms with Crippen molar-refractivity contribution in [2.24, 2.45) is 4.99 Å². The van der Waals surface area contributed by atoms with Crippen LogP contribution in [0.5, 0.6) is 0 Å². The molecule has 3 N–H and O–H groups in total. The molecule has 53 heavy (non-hydrogen) atoms. The minimum Gasteiger partial charge on any atom is -0.354 e. The number of unbranched alkanes of at least 4 members (excludes halogenated alkanes) is 3. The number of hydrogen-bond acceptors (Lipinski definition) is 2. The lowest BCUT2D eigenvalue weighted by atomic mass is 9.95. The first-order chi connectivity index (χ1) is 25.0. The summed E-state index contributed by atoms with van der Waals surface area (Å²) in [6.07, 6.45) is 26.2. The highest BCUT2D eigenvalue weighted by Gasteiger charge is 2.35. The Kier molecular flexibility index (Phi) is 20.6. The predicted octanol–water partition coefficient (Wildman–Crippen LogP) is 12.4. The number of amides is 1. The SMILES string of the molecule is CCCC[P+](CCCC)(CCCC)Cc1ccc(NC(=O)C(Cc2ccc3ccccc3c2)NC(=NC2CCCCC2)NC2CCCCC2)cc1.Cl.Cl. The average Bonchev–Trinajstić information content (AvgIpc) is 3.16. The molecule has 2 saturated carbocycles. The molecule has 3 aromatic rings. The third kappa shape index (κ3) is 14.7. The van der Waals surface area contributed by atoms with Gasteiger partial charge in [-0.2, -0.15) is 0 Å².